The van der Waals surface area contributed by atoms with Gasteiger partial charge >= 0.3 is 5.97 Å². The number of halogens is 1. The number of nitrogens with zero attached hydrogens (tertiary/aromatic N) is 1. The Morgan fingerprint density at radius 3 is 2.55 bits per heavy atom. The molecule has 1 aliphatic heterocycles. The van der Waals surface area contributed by atoms with Gasteiger partial charge in [0.15, 0.2) is 0 Å². The molecule has 5 rings (SSSR count). The van der Waals surface area contributed by atoms with Crippen molar-refractivity contribution in [3.63, 3.8) is 0 Å². The number of H-pyrrole nitrogens is 1. The number of anilines is 1. The van der Waals surface area contributed by atoms with Crippen LogP contribution in [0.25, 0.3) is 10.9 Å². The number of benzene rings is 2. The van der Waals surface area contributed by atoms with Gasteiger partial charge in [-0.1, -0.05) is 30.3 Å². The molecular formula is C33H42FN5O5. The maximum absolute atomic E-state index is 14.0. The van der Waals surface area contributed by atoms with Crippen LogP contribution in [0, 0.1) is 11.8 Å². The van der Waals surface area contributed by atoms with Gasteiger partial charge in [-0.2, -0.15) is 0 Å². The molecular weight excluding hydrogens is 565 g/mol. The number of carbonyl (C=O) groups excluding carboxylic acids is 3. The van der Waals surface area contributed by atoms with Crippen molar-refractivity contribution in [2.24, 2.45) is 17.6 Å². The minimum absolute atomic E-state index is 0.00986. The van der Waals surface area contributed by atoms with Crippen molar-refractivity contribution in [3.05, 3.63) is 65.9 Å². The monoisotopic (exact) mass is 607 g/mol. The van der Waals surface area contributed by atoms with Crippen LogP contribution in [0.1, 0.15) is 54.1 Å². The van der Waals surface area contributed by atoms with Crippen molar-refractivity contribution in [1.82, 2.24) is 15.2 Å². The number of amides is 2. The minimum Gasteiger partial charge on any atom is -0.460 e. The molecule has 11 heteroatoms. The van der Waals surface area contributed by atoms with Crippen LogP contribution in [0.15, 0.2) is 54.6 Å². The molecule has 1 aromatic heterocycles. The summed E-state index contributed by atoms with van der Waals surface area (Å²) in [5.41, 5.74) is 8.52. The molecule has 2 aromatic carbocycles. The van der Waals surface area contributed by atoms with Gasteiger partial charge in [0.25, 0.3) is 0 Å². The molecule has 2 amide bonds. The molecule has 2 fully saturated rings. The summed E-state index contributed by atoms with van der Waals surface area (Å²) in [4.78, 5) is 45.1. The van der Waals surface area contributed by atoms with Crippen LogP contribution in [-0.2, 0) is 14.3 Å². The topological polar surface area (TPSA) is 150 Å². The molecule has 2 heterocycles. The maximum atomic E-state index is 14.0. The third-order valence-corrected chi connectivity index (χ3v) is 8.99. The zero-order chi connectivity index (χ0) is 31.1. The first-order chi connectivity index (χ1) is 21.4. The van der Waals surface area contributed by atoms with Gasteiger partial charge in [0.1, 0.15) is 25.0 Å². The van der Waals surface area contributed by atoms with Crippen LogP contribution in [0.5, 0.6) is 0 Å². The number of aliphatic hydroxyl groups excluding tert-OH is 1. The molecule has 0 spiro atoms. The van der Waals surface area contributed by atoms with Crippen molar-refractivity contribution in [1.29, 1.82) is 0 Å². The van der Waals surface area contributed by atoms with E-state index in [0.29, 0.717) is 63.1 Å². The number of aliphatic hydroxyl groups is 1. The predicted molar refractivity (Wildman–Crippen MR) is 166 cm³/mol. The Hall–Kier alpha value is -3.80. The van der Waals surface area contributed by atoms with Gasteiger partial charge in [0, 0.05) is 54.1 Å². The lowest BCUT2D eigenvalue weighted by molar-refractivity contribution is -0.141. The van der Waals surface area contributed by atoms with Gasteiger partial charge in [-0.05, 0) is 67.9 Å². The summed E-state index contributed by atoms with van der Waals surface area (Å²) in [6.45, 7) is 0.965. The van der Waals surface area contributed by atoms with Gasteiger partial charge in [-0.3, -0.25) is 9.59 Å². The Labute approximate surface area is 256 Å². The fourth-order valence-electron chi connectivity index (χ4n) is 6.60. The molecule has 0 radical (unpaired) electrons. The number of fused-ring (bicyclic) bond motifs is 1. The normalized spacial score (nSPS) is 22.6. The molecule has 2 aliphatic rings. The van der Waals surface area contributed by atoms with Crippen molar-refractivity contribution in [2.45, 2.75) is 50.1 Å². The molecule has 10 nitrogen and oxygen atoms in total. The quantitative estimate of drug-likeness (QED) is 0.157. The number of carbonyl (C=O) groups is 3. The first kappa shape index (κ1) is 31.6. The SMILES string of the molecule is N[C@H](CF)C1CCC(C(=O)N2CC[C@H](c3ccccc3)[C@H]2C(=O)Nc2ccc3[nH]c(C(=O)OCCNCCO)cc3c2)CC1. The Morgan fingerprint density at radius 2 is 1.82 bits per heavy atom. The number of ether oxygens (including phenoxy) is 1. The van der Waals surface area contributed by atoms with E-state index in [4.69, 9.17) is 15.6 Å². The molecule has 1 saturated heterocycles. The summed E-state index contributed by atoms with van der Waals surface area (Å²) in [7, 11) is 0. The summed E-state index contributed by atoms with van der Waals surface area (Å²) in [6, 6.07) is 15.7. The first-order valence-electron chi connectivity index (χ1n) is 15.5. The third kappa shape index (κ3) is 7.28. The highest BCUT2D eigenvalue weighted by Crippen LogP contribution is 2.38. The average molecular weight is 608 g/mol. The Morgan fingerprint density at radius 1 is 1.05 bits per heavy atom. The van der Waals surface area contributed by atoms with E-state index in [1.165, 1.54) is 0 Å². The van der Waals surface area contributed by atoms with E-state index < -0.39 is 24.7 Å². The highest BCUT2D eigenvalue weighted by Gasteiger charge is 2.44. The molecule has 44 heavy (non-hydrogen) atoms. The first-order valence-corrected chi connectivity index (χ1v) is 15.5. The largest absolute Gasteiger partial charge is 0.460 e. The molecule has 3 aromatic rings. The number of hydrogen-bond donors (Lipinski definition) is 5. The standard InChI is InChI=1S/C33H42FN5O5/c34-20-27(35)22-6-8-23(9-7-22)32(42)39-15-12-26(21-4-2-1-3-5-21)30(39)31(41)37-25-10-11-28-24(18-25)19-29(38-28)33(43)44-17-14-36-13-16-40/h1-5,10-11,18-19,22-23,26-27,30,36,38,40H,6-9,12-17,20,35H2,(H,37,41)/t22?,23?,26-,27-,30+/m1/s1. The fraction of sp³-hybridized carbons (Fsp3) is 0.485. The number of hydrogen-bond acceptors (Lipinski definition) is 7. The molecule has 0 unspecified atom stereocenters. The second-order valence-electron chi connectivity index (χ2n) is 11.8. The van der Waals surface area contributed by atoms with Gasteiger partial charge in [-0.25, -0.2) is 9.18 Å². The second-order valence-corrected chi connectivity index (χ2v) is 11.8. The summed E-state index contributed by atoms with van der Waals surface area (Å²) in [6.07, 6.45) is 3.38. The van der Waals surface area contributed by atoms with E-state index in [2.05, 4.69) is 15.6 Å². The van der Waals surface area contributed by atoms with Gasteiger partial charge < -0.3 is 36.1 Å². The van der Waals surface area contributed by atoms with Gasteiger partial charge in [0.2, 0.25) is 11.8 Å². The smallest absolute Gasteiger partial charge is 0.354 e. The van der Waals surface area contributed by atoms with Gasteiger partial charge in [0.05, 0.1) is 6.61 Å². The van der Waals surface area contributed by atoms with E-state index >= 15 is 0 Å². The van der Waals surface area contributed by atoms with Gasteiger partial charge in [-0.15, -0.1) is 0 Å². The number of aromatic amines is 1. The van der Waals surface area contributed by atoms with Crippen molar-refractivity contribution in [2.75, 3.05) is 44.8 Å². The highest BCUT2D eigenvalue weighted by atomic mass is 19.1. The lowest BCUT2D eigenvalue weighted by Gasteiger charge is -2.35. The zero-order valence-electron chi connectivity index (χ0n) is 24.8. The van der Waals surface area contributed by atoms with E-state index in [-0.39, 0.29) is 42.8 Å². The molecule has 0 bridgehead atoms. The maximum Gasteiger partial charge on any atom is 0.354 e. The predicted octanol–water partition coefficient (Wildman–Crippen LogP) is 3.33. The van der Waals surface area contributed by atoms with Crippen LogP contribution in [-0.4, -0.2) is 84.4 Å². The summed E-state index contributed by atoms with van der Waals surface area (Å²) in [5.74, 6) is -1.06. The third-order valence-electron chi connectivity index (χ3n) is 8.99. The summed E-state index contributed by atoms with van der Waals surface area (Å²) < 4.78 is 18.4. The Kier molecular flexibility index (Phi) is 10.6. The molecule has 236 valence electrons. The Bertz CT molecular complexity index is 1420. The van der Waals surface area contributed by atoms with Crippen LogP contribution < -0.4 is 16.4 Å². The van der Waals surface area contributed by atoms with E-state index in [1.807, 2.05) is 30.3 Å². The van der Waals surface area contributed by atoms with E-state index in [0.717, 1.165) is 16.5 Å². The van der Waals surface area contributed by atoms with E-state index in [9.17, 15) is 18.8 Å². The highest BCUT2D eigenvalue weighted by molar-refractivity contribution is 6.01. The lowest BCUT2D eigenvalue weighted by Crippen LogP contribution is -2.48. The van der Waals surface area contributed by atoms with Crippen LogP contribution in [0.4, 0.5) is 10.1 Å². The molecule has 1 aliphatic carbocycles. The molecule has 6 N–H and O–H groups in total. The van der Waals surface area contributed by atoms with Crippen LogP contribution in [0.3, 0.4) is 0 Å². The number of esters is 1. The average Bonchev–Trinajstić information content (AvgIpc) is 3.69. The summed E-state index contributed by atoms with van der Waals surface area (Å²) >= 11 is 0. The van der Waals surface area contributed by atoms with Crippen molar-refractivity contribution < 1.29 is 28.6 Å². The number of likely N-dealkylation sites (tertiary alicyclic amines) is 1. The van der Waals surface area contributed by atoms with Crippen molar-refractivity contribution >= 4 is 34.4 Å². The van der Waals surface area contributed by atoms with Crippen LogP contribution >= 0.6 is 0 Å². The van der Waals surface area contributed by atoms with E-state index in [1.54, 1.807) is 29.2 Å². The molecule has 1 saturated carbocycles. The molecule has 3 atom stereocenters. The number of rotatable bonds is 12. The minimum atomic E-state index is -0.678. The lowest BCUT2D eigenvalue weighted by atomic mass is 9.78. The fourth-order valence-corrected chi connectivity index (χ4v) is 6.60. The number of alkyl halides is 1. The second kappa shape index (κ2) is 14.8. The number of nitrogens with one attached hydrogen (secondary N) is 3. The Balaban J connectivity index is 1.29. The van der Waals surface area contributed by atoms with Crippen LogP contribution in [0.2, 0.25) is 0 Å². The summed E-state index contributed by atoms with van der Waals surface area (Å²) in [5, 5.41) is 15.5. The number of aromatic nitrogens is 1. The zero-order valence-corrected chi connectivity index (χ0v) is 24.8. The van der Waals surface area contributed by atoms with Crippen molar-refractivity contribution in [3.8, 4) is 0 Å². The number of nitrogens with two attached hydrogens (primary N) is 1.